The second kappa shape index (κ2) is 8.15. The van der Waals surface area contributed by atoms with Crippen LogP contribution in [-0.4, -0.2) is 0 Å². The van der Waals surface area contributed by atoms with Crippen LogP contribution in [0.5, 0.6) is 0 Å². The predicted molar refractivity (Wildman–Crippen MR) is 44.9 cm³/mol. The van der Waals surface area contributed by atoms with Crippen LogP contribution in [0.15, 0.2) is 37.0 Å². The van der Waals surface area contributed by atoms with Crippen molar-refractivity contribution < 1.29 is 48.1 Å². The summed E-state index contributed by atoms with van der Waals surface area (Å²) >= 11 is 2.92. The fourth-order valence-corrected chi connectivity index (χ4v) is 1.33. The van der Waals surface area contributed by atoms with Gasteiger partial charge in [0, 0.05) is 0 Å². The van der Waals surface area contributed by atoms with E-state index in [1.807, 2.05) is 6.08 Å². The van der Waals surface area contributed by atoms with Gasteiger partial charge in [-0.05, 0) is 18.3 Å². The Morgan fingerprint density at radius 1 is 1.12 bits per heavy atom. The zero-order valence-corrected chi connectivity index (χ0v) is 10.8. The normalized spacial score (nSPS) is 24.4. The summed E-state index contributed by atoms with van der Waals surface area (Å²) in [5.41, 5.74) is 0. The van der Waals surface area contributed by atoms with Gasteiger partial charge in [0.25, 0.3) is 0 Å². The zero-order valence-electron chi connectivity index (χ0n) is 8.49. The standard InChI is InChI=1S/C7H8.C3H5.ClHO4.Pd/c1-2-7-4-3-6(1)5-7;1-3-2;2-1(3,4)5;/h1-4,6-7H,5H2;3H,1-2H2;(H,2,3,4,5);/q;;;+1/p-1. The maximum atomic E-state index is 8.49. The molecule has 0 unspecified atom stereocenters. The van der Waals surface area contributed by atoms with Gasteiger partial charge in [-0.3, -0.25) is 0 Å². The predicted octanol–water partition coefficient (Wildman–Crippen LogP) is -1.87. The van der Waals surface area contributed by atoms with Gasteiger partial charge in [0.2, 0.25) is 0 Å². The number of fused-ring (bicyclic) bond motifs is 2. The van der Waals surface area contributed by atoms with E-state index >= 15 is 0 Å². The molecule has 2 aliphatic carbocycles. The Labute approximate surface area is 108 Å². The Kier molecular flexibility index (Phi) is 8.16. The molecule has 2 rings (SSSR count). The number of rotatable bonds is 1. The average molecular weight is 339 g/mol. The van der Waals surface area contributed by atoms with Gasteiger partial charge in [0.1, 0.15) is 0 Å². The van der Waals surface area contributed by atoms with Crippen molar-refractivity contribution in [1.29, 1.82) is 0 Å². The Bertz CT molecular complexity index is 226. The maximum absolute atomic E-state index is 8.49. The fourth-order valence-electron chi connectivity index (χ4n) is 1.33. The van der Waals surface area contributed by atoms with Crippen molar-refractivity contribution in [3.8, 4) is 0 Å². The molecule has 16 heavy (non-hydrogen) atoms. The van der Waals surface area contributed by atoms with Crippen LogP contribution in [0.4, 0.5) is 0 Å². The van der Waals surface area contributed by atoms with Crippen LogP contribution in [0, 0.1) is 22.1 Å². The van der Waals surface area contributed by atoms with Gasteiger partial charge in [-0.1, -0.05) is 24.3 Å². The second-order valence-corrected chi connectivity index (χ2v) is 4.52. The Hall–Kier alpha value is 0.0123. The van der Waals surface area contributed by atoms with Crippen molar-refractivity contribution in [2.45, 2.75) is 11.3 Å². The zero-order chi connectivity index (χ0) is 12.6. The summed E-state index contributed by atoms with van der Waals surface area (Å²) in [4.78, 5) is 0.933. The molecular weight excluding hydrogens is 326 g/mol. The minimum atomic E-state index is -4.94. The molecule has 0 saturated carbocycles. The summed E-state index contributed by atoms with van der Waals surface area (Å²) in [6.07, 6.45) is 12.4. The summed E-state index contributed by atoms with van der Waals surface area (Å²) in [5, 5.41) is 0. The molecule has 0 heterocycles. The number of hydrogen-bond donors (Lipinski definition) is 0. The summed E-state index contributed by atoms with van der Waals surface area (Å²) in [6, 6.07) is 0. The molecule has 0 atom stereocenters. The summed E-state index contributed by atoms with van der Waals surface area (Å²) in [5.74, 6) is 1.62. The van der Waals surface area contributed by atoms with Crippen LogP contribution in [-0.2, 0) is 19.2 Å². The summed E-state index contributed by atoms with van der Waals surface area (Å²) in [6.45, 7) is 3.44. The molecule has 0 N–H and O–H groups in total. The van der Waals surface area contributed by atoms with Crippen molar-refractivity contribution in [2.75, 3.05) is 0 Å². The molecule has 6 heteroatoms. The van der Waals surface area contributed by atoms with Crippen molar-refractivity contribution in [2.24, 2.45) is 11.8 Å². The van der Waals surface area contributed by atoms with Crippen LogP contribution in [0.2, 0.25) is 4.89 Å². The summed E-state index contributed by atoms with van der Waals surface area (Å²) < 4.78 is 34.0. The third kappa shape index (κ3) is 10.5. The van der Waals surface area contributed by atoms with Crippen molar-refractivity contribution in [3.63, 3.8) is 0 Å². The van der Waals surface area contributed by atoms with E-state index in [4.69, 9.17) is 18.6 Å². The SMILES string of the molecule is C1=CC2C=CC1C2.C=C[CH2][Pd+].[O-][Cl+3]([O-])([O-])[O-]. The first-order chi connectivity index (χ1) is 7.36. The molecule has 0 aromatic heterocycles. The van der Waals surface area contributed by atoms with Gasteiger partial charge in [0.15, 0.2) is 0 Å². The molecular formula is C10H13ClO4Pd. The van der Waals surface area contributed by atoms with Gasteiger partial charge in [-0.15, -0.1) is 10.2 Å². The van der Waals surface area contributed by atoms with E-state index in [1.165, 1.54) is 6.42 Å². The minimum absolute atomic E-state index is 0.810. The number of allylic oxidation sites excluding steroid dienone is 5. The van der Waals surface area contributed by atoms with E-state index in [0.717, 1.165) is 16.7 Å². The molecule has 0 spiro atoms. The van der Waals surface area contributed by atoms with Gasteiger partial charge in [0.05, 0.1) is 0 Å². The quantitative estimate of drug-likeness (QED) is 0.413. The molecule has 4 nitrogen and oxygen atoms in total. The second-order valence-electron chi connectivity index (χ2n) is 3.13. The Morgan fingerprint density at radius 3 is 1.44 bits per heavy atom. The maximum Gasteiger partial charge on any atom is -0.112 e. The van der Waals surface area contributed by atoms with Crippen LogP contribution >= 0.6 is 0 Å². The van der Waals surface area contributed by atoms with E-state index in [0.29, 0.717) is 0 Å². The first-order valence-electron chi connectivity index (χ1n) is 4.47. The molecule has 0 radical (unpaired) electrons. The number of hydrogen-bond acceptors (Lipinski definition) is 4. The summed E-state index contributed by atoms with van der Waals surface area (Å²) in [7, 11) is -4.94. The first-order valence-corrected chi connectivity index (χ1v) is 6.81. The molecule has 94 valence electrons. The minimum Gasteiger partial charge on any atom is -0.222 e. The number of halogens is 1. The first kappa shape index (κ1) is 16.0. The molecule has 0 amide bonds. The van der Waals surface area contributed by atoms with Gasteiger partial charge in [-0.2, -0.15) is 0 Å². The third-order valence-electron chi connectivity index (χ3n) is 1.85. The van der Waals surface area contributed by atoms with Gasteiger partial charge in [-0.25, -0.2) is 18.6 Å². The molecule has 2 aliphatic rings. The third-order valence-corrected chi connectivity index (χ3v) is 2.30. The Balaban J connectivity index is 0.000000225. The van der Waals surface area contributed by atoms with Crippen LogP contribution in [0.1, 0.15) is 6.42 Å². The van der Waals surface area contributed by atoms with E-state index in [-0.39, 0.29) is 0 Å². The molecule has 0 aromatic carbocycles. The smallest absolute Gasteiger partial charge is 0.112 e. The average Bonchev–Trinajstić information content (AvgIpc) is 2.79. The van der Waals surface area contributed by atoms with Crippen molar-refractivity contribution in [1.82, 2.24) is 0 Å². The molecule has 0 aliphatic heterocycles. The largest absolute Gasteiger partial charge is 0.222 e. The van der Waals surface area contributed by atoms with Crippen LogP contribution in [0.25, 0.3) is 0 Å². The molecule has 2 bridgehead atoms. The fraction of sp³-hybridized carbons (Fsp3) is 0.400. The molecule has 0 fully saturated rings. The van der Waals surface area contributed by atoms with Crippen LogP contribution in [0.3, 0.4) is 0 Å². The van der Waals surface area contributed by atoms with E-state index in [1.54, 1.807) is 0 Å². The molecule has 0 aromatic rings. The van der Waals surface area contributed by atoms with E-state index in [9.17, 15) is 0 Å². The van der Waals surface area contributed by atoms with Crippen LogP contribution < -0.4 is 18.6 Å². The topological polar surface area (TPSA) is 92.2 Å². The Morgan fingerprint density at radius 2 is 1.38 bits per heavy atom. The van der Waals surface area contributed by atoms with Gasteiger partial charge < -0.3 is 0 Å². The van der Waals surface area contributed by atoms with E-state index < -0.39 is 10.2 Å². The van der Waals surface area contributed by atoms with Crippen molar-refractivity contribution >= 4 is 0 Å². The van der Waals surface area contributed by atoms with Gasteiger partial charge >= 0.3 is 36.8 Å². The molecule has 0 saturated heterocycles. The monoisotopic (exact) mass is 338 g/mol. The van der Waals surface area contributed by atoms with E-state index in [2.05, 4.69) is 50.1 Å². The van der Waals surface area contributed by atoms with Crippen molar-refractivity contribution in [3.05, 3.63) is 37.0 Å².